The van der Waals surface area contributed by atoms with Crippen LogP contribution in [0, 0.1) is 0 Å². The molecule has 0 radical (unpaired) electrons. The van der Waals surface area contributed by atoms with Gasteiger partial charge in [0.1, 0.15) is 4.88 Å². The highest BCUT2D eigenvalue weighted by atomic mass is 32.1. The van der Waals surface area contributed by atoms with Gasteiger partial charge < -0.3 is 14.5 Å². The van der Waals surface area contributed by atoms with Crippen molar-refractivity contribution in [3.05, 3.63) is 11.1 Å². The summed E-state index contributed by atoms with van der Waals surface area (Å²) in [6.45, 7) is 4.79. The molecule has 1 N–H and O–H groups in total. The van der Waals surface area contributed by atoms with Crippen LogP contribution in [0.3, 0.4) is 0 Å². The van der Waals surface area contributed by atoms with Gasteiger partial charge in [-0.3, -0.25) is 19.8 Å². The summed E-state index contributed by atoms with van der Waals surface area (Å²) in [6.07, 6.45) is 13.1. The number of carbonyl (C=O) groups excluding carboxylic acids is 3. The van der Waals surface area contributed by atoms with Gasteiger partial charge in [0.15, 0.2) is 5.13 Å². The molecule has 0 spiro atoms. The Morgan fingerprint density at radius 1 is 1.00 bits per heavy atom. The normalized spacial score (nSPS) is 20.4. The van der Waals surface area contributed by atoms with Crippen molar-refractivity contribution in [1.82, 2.24) is 19.7 Å². The summed E-state index contributed by atoms with van der Waals surface area (Å²) in [4.78, 5) is 48.9. The Kier molecular flexibility index (Phi) is 9.37. The van der Waals surface area contributed by atoms with Gasteiger partial charge in [-0.1, -0.05) is 49.9 Å². The molecular formula is C25H39N5O4S. The van der Waals surface area contributed by atoms with Crippen LogP contribution in [-0.4, -0.2) is 89.0 Å². The third kappa shape index (κ3) is 6.94. The summed E-state index contributed by atoms with van der Waals surface area (Å²) in [6, 6.07) is 0.544. The monoisotopic (exact) mass is 505 g/mol. The third-order valence-corrected chi connectivity index (χ3v) is 8.32. The molecule has 3 aliphatic rings. The number of nitrogens with zero attached hydrogens (tertiary/aromatic N) is 4. The summed E-state index contributed by atoms with van der Waals surface area (Å²) in [7, 11) is 0. The highest BCUT2D eigenvalue weighted by molar-refractivity contribution is 7.17. The van der Waals surface area contributed by atoms with Gasteiger partial charge in [-0.25, -0.2) is 9.78 Å². The summed E-state index contributed by atoms with van der Waals surface area (Å²) in [5.41, 5.74) is 0. The number of hydrogen-bond donors (Lipinski definition) is 1. The molecule has 0 aromatic carbocycles. The van der Waals surface area contributed by atoms with E-state index < -0.39 is 0 Å². The number of hydrogen-bond acceptors (Lipinski definition) is 7. The summed E-state index contributed by atoms with van der Waals surface area (Å²) in [5, 5.41) is 3.50. The number of urea groups is 1. The molecule has 0 unspecified atom stereocenters. The molecule has 1 aromatic heterocycles. The number of ether oxygens (including phenoxy) is 1. The minimum atomic E-state index is -0.231. The zero-order valence-electron chi connectivity index (χ0n) is 20.9. The SMILES string of the molecule is CCOC(=O)CN1CCN(C(=O)c2cnc(NC(=O)N(C3CCCCC3)C3CCCCC3)s2)CC1. The van der Waals surface area contributed by atoms with Crippen LogP contribution < -0.4 is 5.32 Å². The zero-order chi connectivity index (χ0) is 24.6. The molecule has 1 aromatic rings. The number of aromatic nitrogens is 1. The van der Waals surface area contributed by atoms with Gasteiger partial charge >= 0.3 is 12.0 Å². The number of piperazine rings is 1. The fourth-order valence-electron chi connectivity index (χ4n) is 5.59. The van der Waals surface area contributed by atoms with E-state index in [0.717, 1.165) is 25.7 Å². The molecule has 194 valence electrons. The van der Waals surface area contributed by atoms with Gasteiger partial charge in [0.25, 0.3) is 5.91 Å². The van der Waals surface area contributed by atoms with Gasteiger partial charge in [-0.05, 0) is 32.6 Å². The van der Waals surface area contributed by atoms with E-state index in [1.165, 1.54) is 49.9 Å². The van der Waals surface area contributed by atoms with Crippen LogP contribution in [0.15, 0.2) is 6.20 Å². The summed E-state index contributed by atoms with van der Waals surface area (Å²) < 4.78 is 5.01. The largest absolute Gasteiger partial charge is 0.465 e. The molecule has 9 nitrogen and oxygen atoms in total. The lowest BCUT2D eigenvalue weighted by Crippen LogP contribution is -2.50. The number of amides is 3. The Balaban J connectivity index is 1.33. The Morgan fingerprint density at radius 2 is 1.60 bits per heavy atom. The first-order chi connectivity index (χ1) is 17.0. The van der Waals surface area contributed by atoms with E-state index in [1.807, 2.05) is 4.90 Å². The van der Waals surface area contributed by atoms with Crippen LogP contribution in [0.5, 0.6) is 0 Å². The Morgan fingerprint density at radius 3 is 2.17 bits per heavy atom. The molecular weight excluding hydrogens is 466 g/mol. The Labute approximate surface area is 212 Å². The topological polar surface area (TPSA) is 95.1 Å². The quantitative estimate of drug-likeness (QED) is 0.564. The van der Waals surface area contributed by atoms with Gasteiger partial charge in [-0.2, -0.15) is 0 Å². The maximum absolute atomic E-state index is 13.4. The molecule has 2 saturated carbocycles. The lowest BCUT2D eigenvalue weighted by molar-refractivity contribution is -0.144. The van der Waals surface area contributed by atoms with E-state index in [4.69, 9.17) is 4.74 Å². The molecule has 10 heteroatoms. The molecule has 0 bridgehead atoms. The minimum absolute atomic E-state index is 0.0651. The fraction of sp³-hybridized carbons (Fsp3) is 0.760. The second-order valence-corrected chi connectivity index (χ2v) is 10.9. The third-order valence-electron chi connectivity index (χ3n) is 7.42. The van der Waals surface area contributed by atoms with E-state index in [-0.39, 0.29) is 24.5 Å². The molecule has 1 saturated heterocycles. The predicted octanol–water partition coefficient (Wildman–Crippen LogP) is 3.96. The number of carbonyl (C=O) groups is 3. The molecule has 3 amide bonds. The first-order valence-electron chi connectivity index (χ1n) is 13.3. The Hall–Kier alpha value is -2.20. The van der Waals surface area contributed by atoms with Crippen molar-refractivity contribution >= 4 is 34.4 Å². The van der Waals surface area contributed by atoms with Crippen molar-refractivity contribution in [2.75, 3.05) is 44.6 Å². The van der Waals surface area contributed by atoms with Crippen LogP contribution >= 0.6 is 11.3 Å². The van der Waals surface area contributed by atoms with Crippen LogP contribution in [0.4, 0.5) is 9.93 Å². The number of esters is 1. The van der Waals surface area contributed by atoms with Gasteiger partial charge in [0, 0.05) is 38.3 Å². The maximum atomic E-state index is 13.4. The molecule has 2 aliphatic carbocycles. The van der Waals surface area contributed by atoms with Gasteiger partial charge in [-0.15, -0.1) is 0 Å². The molecule has 3 fully saturated rings. The highest BCUT2D eigenvalue weighted by Crippen LogP contribution is 2.31. The van der Waals surface area contributed by atoms with Crippen molar-refractivity contribution in [2.24, 2.45) is 0 Å². The van der Waals surface area contributed by atoms with Crippen LogP contribution in [-0.2, 0) is 9.53 Å². The van der Waals surface area contributed by atoms with Gasteiger partial charge in [0.05, 0.1) is 19.3 Å². The lowest BCUT2D eigenvalue weighted by atomic mass is 9.89. The predicted molar refractivity (Wildman–Crippen MR) is 136 cm³/mol. The second-order valence-electron chi connectivity index (χ2n) is 9.82. The summed E-state index contributed by atoms with van der Waals surface area (Å²) in [5.74, 6) is -0.305. The molecule has 35 heavy (non-hydrogen) atoms. The van der Waals surface area contributed by atoms with Crippen molar-refractivity contribution in [3.63, 3.8) is 0 Å². The smallest absolute Gasteiger partial charge is 0.324 e. The highest BCUT2D eigenvalue weighted by Gasteiger charge is 2.33. The molecule has 4 rings (SSSR count). The zero-order valence-corrected chi connectivity index (χ0v) is 21.7. The van der Waals surface area contributed by atoms with Crippen molar-refractivity contribution in [2.45, 2.75) is 83.2 Å². The van der Waals surface area contributed by atoms with Crippen LogP contribution in [0.1, 0.15) is 80.8 Å². The minimum Gasteiger partial charge on any atom is -0.465 e. The molecule has 0 atom stereocenters. The van der Waals surface area contributed by atoms with Crippen molar-refractivity contribution in [3.8, 4) is 0 Å². The fourth-order valence-corrected chi connectivity index (χ4v) is 6.36. The first-order valence-corrected chi connectivity index (χ1v) is 14.1. The van der Waals surface area contributed by atoms with Crippen LogP contribution in [0.25, 0.3) is 0 Å². The average molecular weight is 506 g/mol. The maximum Gasteiger partial charge on any atom is 0.324 e. The lowest BCUT2D eigenvalue weighted by Gasteiger charge is -2.41. The average Bonchev–Trinajstić information content (AvgIpc) is 3.34. The van der Waals surface area contributed by atoms with E-state index >= 15 is 0 Å². The number of rotatable bonds is 7. The Bertz CT molecular complexity index is 840. The van der Waals surface area contributed by atoms with Gasteiger partial charge in [0.2, 0.25) is 0 Å². The first kappa shape index (κ1) is 25.9. The molecule has 2 heterocycles. The van der Waals surface area contributed by atoms with E-state index in [2.05, 4.69) is 15.2 Å². The van der Waals surface area contributed by atoms with E-state index in [9.17, 15) is 14.4 Å². The van der Waals surface area contributed by atoms with Crippen molar-refractivity contribution in [1.29, 1.82) is 0 Å². The van der Waals surface area contributed by atoms with Crippen molar-refractivity contribution < 1.29 is 19.1 Å². The number of thiazole rings is 1. The summed E-state index contributed by atoms with van der Waals surface area (Å²) >= 11 is 1.24. The van der Waals surface area contributed by atoms with Crippen LogP contribution in [0.2, 0.25) is 0 Å². The second kappa shape index (κ2) is 12.7. The number of anilines is 1. The van der Waals surface area contributed by atoms with E-state index in [0.29, 0.717) is 54.9 Å². The molecule has 1 aliphatic heterocycles. The van der Waals surface area contributed by atoms with E-state index in [1.54, 1.807) is 18.0 Å². The number of nitrogens with one attached hydrogen (secondary N) is 1. The standard InChI is InChI=1S/C25H39N5O4S/c1-2-34-22(31)18-28-13-15-29(16-14-28)23(32)21-17-26-24(35-21)27-25(33)30(19-9-5-3-6-10-19)20-11-7-4-8-12-20/h17,19-20H,2-16,18H2,1H3,(H,26,27,33).